The summed E-state index contributed by atoms with van der Waals surface area (Å²) in [6.45, 7) is 0.265. The van der Waals surface area contributed by atoms with Gasteiger partial charge >= 0.3 is 6.03 Å². The number of aromatic amines is 1. The first-order valence-corrected chi connectivity index (χ1v) is 6.97. The van der Waals surface area contributed by atoms with Crippen LogP contribution in [0.2, 0.25) is 0 Å². The number of hydrazine groups is 2. The number of aromatic nitrogens is 1. The van der Waals surface area contributed by atoms with Gasteiger partial charge in [-0.05, 0) is 0 Å². The zero-order valence-corrected chi connectivity index (χ0v) is 10.6. The van der Waals surface area contributed by atoms with E-state index in [9.17, 15) is 4.79 Å². The third kappa shape index (κ3) is 4.16. The van der Waals surface area contributed by atoms with Crippen molar-refractivity contribution in [1.29, 1.82) is 0 Å². The molecule has 1 aliphatic heterocycles. The third-order valence-corrected chi connectivity index (χ3v) is 2.55. The van der Waals surface area contributed by atoms with E-state index in [1.807, 2.05) is 0 Å². The summed E-state index contributed by atoms with van der Waals surface area (Å²) >= 11 is 0. The van der Waals surface area contributed by atoms with Crippen LogP contribution in [0, 0.1) is 0 Å². The lowest BCUT2D eigenvalue weighted by atomic mass is 10.4. The molecule has 19 heavy (non-hydrogen) atoms. The molecule has 1 atom stereocenters. The van der Waals surface area contributed by atoms with Crippen LogP contribution in [0.4, 0.5) is 4.79 Å². The molecule has 2 rings (SSSR count). The number of H-pyrrole nitrogens is 1. The third-order valence-electron chi connectivity index (χ3n) is 2.01. The summed E-state index contributed by atoms with van der Waals surface area (Å²) in [5.74, 6) is 1.20. The first-order valence-electron chi connectivity index (χ1n) is 5.15. The topological polar surface area (TPSA) is 177 Å². The van der Waals surface area contributed by atoms with Crippen molar-refractivity contribution in [3.63, 3.8) is 0 Å². The predicted octanol–water partition coefficient (Wildman–Crippen LogP) is -2.24. The SMILES string of the molecule is NS(N)(N)NC(=O)NNNC1COc2c[nH]cc2O1. The van der Waals surface area contributed by atoms with E-state index in [0.29, 0.717) is 11.5 Å². The van der Waals surface area contributed by atoms with Gasteiger partial charge in [0.1, 0.15) is 6.61 Å². The second-order valence-electron chi connectivity index (χ2n) is 3.69. The van der Waals surface area contributed by atoms with E-state index in [0.717, 1.165) is 0 Å². The first kappa shape index (κ1) is 13.7. The van der Waals surface area contributed by atoms with E-state index in [2.05, 4.69) is 26.1 Å². The highest BCUT2D eigenvalue weighted by Crippen LogP contribution is 2.29. The van der Waals surface area contributed by atoms with Crippen LogP contribution in [0.15, 0.2) is 12.4 Å². The molecule has 0 aliphatic carbocycles. The molecule has 1 aromatic rings. The standard InChI is InChI=1S/C7H16N8O3S/c8-19(9,10)14-7(16)13-15-12-6-3-17-4-1-11-2-5(4)18-6/h1-2,6,11-12,15H,3,8-10H2,(H2,13,14,16). The van der Waals surface area contributed by atoms with Gasteiger partial charge in [-0.3, -0.25) is 25.6 Å². The fraction of sp³-hybridized carbons (Fsp3) is 0.286. The van der Waals surface area contributed by atoms with Gasteiger partial charge in [0.2, 0.25) is 0 Å². The Balaban J connectivity index is 1.69. The van der Waals surface area contributed by atoms with Crippen LogP contribution in [0.1, 0.15) is 0 Å². The van der Waals surface area contributed by atoms with E-state index >= 15 is 0 Å². The average Bonchev–Trinajstić information content (AvgIpc) is 2.73. The van der Waals surface area contributed by atoms with E-state index < -0.39 is 23.0 Å². The van der Waals surface area contributed by atoms with Gasteiger partial charge in [-0.15, -0.1) is 0 Å². The minimum atomic E-state index is -2.60. The predicted molar refractivity (Wildman–Crippen MR) is 68.8 cm³/mol. The van der Waals surface area contributed by atoms with Gasteiger partial charge in [0.15, 0.2) is 17.7 Å². The zero-order chi connectivity index (χ0) is 13.9. The van der Waals surface area contributed by atoms with Crippen molar-refractivity contribution in [2.24, 2.45) is 15.4 Å². The number of carbonyl (C=O) groups excluding carboxylic acids is 1. The summed E-state index contributed by atoms with van der Waals surface area (Å²) in [7, 11) is -2.60. The van der Waals surface area contributed by atoms with Crippen LogP contribution in [0.5, 0.6) is 11.5 Å². The highest BCUT2D eigenvalue weighted by atomic mass is 32.3. The molecule has 0 aromatic carbocycles. The number of fused-ring (bicyclic) bond motifs is 1. The number of hydrogen-bond donors (Lipinski definition) is 8. The fourth-order valence-corrected chi connectivity index (χ4v) is 1.70. The summed E-state index contributed by atoms with van der Waals surface area (Å²) in [5, 5.41) is 15.8. The van der Waals surface area contributed by atoms with Gasteiger partial charge in [-0.25, -0.2) is 4.79 Å². The molecular weight excluding hydrogens is 276 g/mol. The first-order chi connectivity index (χ1) is 8.94. The van der Waals surface area contributed by atoms with Gasteiger partial charge < -0.3 is 14.5 Å². The van der Waals surface area contributed by atoms with Crippen molar-refractivity contribution in [2.45, 2.75) is 6.23 Å². The van der Waals surface area contributed by atoms with E-state index in [4.69, 9.17) is 24.9 Å². The lowest BCUT2D eigenvalue weighted by Crippen LogP contribution is -2.58. The monoisotopic (exact) mass is 292 g/mol. The maximum absolute atomic E-state index is 11.2. The van der Waals surface area contributed by atoms with E-state index in [1.165, 1.54) is 0 Å². The van der Waals surface area contributed by atoms with E-state index in [1.54, 1.807) is 12.4 Å². The van der Waals surface area contributed by atoms with Gasteiger partial charge in [0.05, 0.1) is 0 Å². The molecule has 108 valence electrons. The van der Waals surface area contributed by atoms with E-state index in [-0.39, 0.29) is 6.61 Å². The quantitative estimate of drug-likeness (QED) is 0.287. The highest BCUT2D eigenvalue weighted by molar-refractivity contribution is 8.26. The van der Waals surface area contributed by atoms with Gasteiger partial charge in [-0.2, -0.15) is 11.0 Å². The maximum atomic E-state index is 11.2. The van der Waals surface area contributed by atoms with Crippen LogP contribution >= 0.6 is 10.8 Å². The molecule has 0 radical (unpaired) electrons. The largest absolute Gasteiger partial charge is 0.483 e. The molecule has 1 aromatic heterocycles. The molecule has 0 fully saturated rings. The maximum Gasteiger partial charge on any atom is 0.341 e. The van der Waals surface area contributed by atoms with Crippen LogP contribution in [-0.4, -0.2) is 23.8 Å². The number of urea groups is 1. The zero-order valence-electron chi connectivity index (χ0n) is 9.80. The molecule has 0 spiro atoms. The van der Waals surface area contributed by atoms with Crippen LogP contribution < -0.4 is 46.0 Å². The molecule has 0 saturated carbocycles. The number of nitrogens with two attached hydrogens (primary N) is 3. The van der Waals surface area contributed by atoms with Crippen molar-refractivity contribution in [2.75, 3.05) is 6.61 Å². The van der Waals surface area contributed by atoms with Gasteiger partial charge in [-0.1, -0.05) is 0 Å². The average molecular weight is 292 g/mol. The molecule has 1 aliphatic rings. The highest BCUT2D eigenvalue weighted by Gasteiger charge is 2.21. The number of nitrogens with one attached hydrogen (secondary N) is 5. The Kier molecular flexibility index (Phi) is 3.98. The lowest BCUT2D eigenvalue weighted by Gasteiger charge is -2.27. The molecule has 12 heteroatoms. The van der Waals surface area contributed by atoms with Crippen molar-refractivity contribution < 1.29 is 14.3 Å². The second kappa shape index (κ2) is 5.52. The smallest absolute Gasteiger partial charge is 0.341 e. The molecule has 11 N–H and O–H groups in total. The summed E-state index contributed by atoms with van der Waals surface area (Å²) < 4.78 is 13.0. The van der Waals surface area contributed by atoms with Gasteiger partial charge in [0, 0.05) is 23.2 Å². The Morgan fingerprint density at radius 3 is 2.84 bits per heavy atom. The van der Waals surface area contributed by atoms with Gasteiger partial charge in [0.25, 0.3) is 0 Å². The number of amides is 2. The number of carbonyl (C=O) groups is 1. The number of hydrogen-bond acceptors (Lipinski definition) is 8. The van der Waals surface area contributed by atoms with Crippen molar-refractivity contribution in [3.8, 4) is 11.5 Å². The molecular formula is C7H16N8O3S. The minimum Gasteiger partial charge on any atom is -0.483 e. The summed E-state index contributed by atoms with van der Waals surface area (Å²) in [6.07, 6.45) is 2.85. The number of ether oxygens (including phenoxy) is 2. The normalized spacial score (nSPS) is 18.8. The Morgan fingerprint density at radius 2 is 2.11 bits per heavy atom. The molecule has 1 unspecified atom stereocenters. The lowest BCUT2D eigenvalue weighted by molar-refractivity contribution is 0.0531. The summed E-state index contributed by atoms with van der Waals surface area (Å²) in [6, 6.07) is -0.672. The Hall–Kier alpha value is -1.70. The van der Waals surface area contributed by atoms with Crippen molar-refractivity contribution in [3.05, 3.63) is 12.4 Å². The Bertz CT molecular complexity index is 446. The van der Waals surface area contributed by atoms with Crippen molar-refractivity contribution in [1.82, 2.24) is 26.1 Å². The van der Waals surface area contributed by atoms with Crippen LogP contribution in [0.3, 0.4) is 0 Å². The Labute approximate surface area is 110 Å². The fourth-order valence-electron chi connectivity index (χ4n) is 1.32. The second-order valence-corrected chi connectivity index (χ2v) is 5.42. The molecule has 2 heterocycles. The Morgan fingerprint density at radius 1 is 1.37 bits per heavy atom. The van der Waals surface area contributed by atoms with Crippen LogP contribution in [0.25, 0.3) is 0 Å². The number of rotatable bonds is 4. The van der Waals surface area contributed by atoms with Crippen molar-refractivity contribution >= 4 is 16.8 Å². The summed E-state index contributed by atoms with van der Waals surface area (Å²) in [5.41, 5.74) is 7.32. The summed E-state index contributed by atoms with van der Waals surface area (Å²) in [4.78, 5) is 14.1. The molecule has 0 bridgehead atoms. The molecule has 0 saturated heterocycles. The molecule has 2 amide bonds. The minimum absolute atomic E-state index is 0.265. The molecule has 11 nitrogen and oxygen atoms in total. The van der Waals surface area contributed by atoms with Crippen LogP contribution in [-0.2, 0) is 0 Å².